The van der Waals surface area contributed by atoms with Gasteiger partial charge < -0.3 is 4.74 Å². The van der Waals surface area contributed by atoms with Crippen LogP contribution in [0.2, 0.25) is 0 Å². The Kier molecular flexibility index (Phi) is 3.58. The number of rotatable bonds is 3. The molecule has 0 aliphatic rings. The van der Waals surface area contributed by atoms with Crippen molar-refractivity contribution in [2.75, 3.05) is 7.11 Å². The molecule has 0 saturated carbocycles. The maximum atomic E-state index is 11.8. The lowest BCUT2D eigenvalue weighted by atomic mass is 10.1. The Morgan fingerprint density at radius 1 is 1.35 bits per heavy atom. The van der Waals surface area contributed by atoms with Crippen LogP contribution in [-0.2, 0) is 9.53 Å². The summed E-state index contributed by atoms with van der Waals surface area (Å²) in [4.78, 5) is 11.8. The Bertz CT molecular complexity index is 510. The highest BCUT2D eigenvalue weighted by Gasteiger charge is 2.23. The molecule has 1 aromatic carbocycles. The SMILES string of the molecule is COC(=O)C(c1ccccc1)n1ccc(Br)n1. The lowest BCUT2D eigenvalue weighted by Gasteiger charge is -2.15. The quantitative estimate of drug-likeness (QED) is 0.817. The number of hydrogen-bond acceptors (Lipinski definition) is 3. The number of nitrogens with zero attached hydrogens (tertiary/aromatic N) is 2. The van der Waals surface area contributed by atoms with Crippen molar-refractivity contribution >= 4 is 21.9 Å². The molecule has 0 fully saturated rings. The molecule has 1 atom stereocenters. The Morgan fingerprint density at radius 2 is 2.06 bits per heavy atom. The highest BCUT2D eigenvalue weighted by molar-refractivity contribution is 9.10. The fourth-order valence-electron chi connectivity index (χ4n) is 1.60. The van der Waals surface area contributed by atoms with E-state index in [0.29, 0.717) is 4.60 Å². The molecule has 0 amide bonds. The standard InChI is InChI=1S/C12H11BrN2O2/c1-17-12(16)11(9-5-3-2-4-6-9)15-8-7-10(13)14-15/h2-8,11H,1H3. The van der Waals surface area contributed by atoms with E-state index >= 15 is 0 Å². The molecule has 0 spiro atoms. The van der Waals surface area contributed by atoms with Crippen LogP contribution in [0, 0.1) is 0 Å². The van der Waals surface area contributed by atoms with Crippen LogP contribution in [0.4, 0.5) is 0 Å². The molecule has 0 saturated heterocycles. The van der Waals surface area contributed by atoms with Crippen LogP contribution in [0.1, 0.15) is 11.6 Å². The zero-order valence-electron chi connectivity index (χ0n) is 9.21. The van der Waals surface area contributed by atoms with E-state index < -0.39 is 6.04 Å². The van der Waals surface area contributed by atoms with E-state index in [1.165, 1.54) is 7.11 Å². The maximum Gasteiger partial charge on any atom is 0.335 e. The molecular formula is C12H11BrN2O2. The third-order valence-electron chi connectivity index (χ3n) is 2.38. The Hall–Kier alpha value is -1.62. The number of methoxy groups -OCH3 is 1. The van der Waals surface area contributed by atoms with Gasteiger partial charge in [-0.15, -0.1) is 0 Å². The van der Waals surface area contributed by atoms with Gasteiger partial charge in [0.15, 0.2) is 6.04 Å². The van der Waals surface area contributed by atoms with Crippen LogP contribution >= 0.6 is 15.9 Å². The number of esters is 1. The highest BCUT2D eigenvalue weighted by atomic mass is 79.9. The van der Waals surface area contributed by atoms with Crippen molar-refractivity contribution in [2.24, 2.45) is 0 Å². The molecule has 2 rings (SSSR count). The third-order valence-corrected chi connectivity index (χ3v) is 2.80. The Labute approximate surface area is 107 Å². The fraction of sp³-hybridized carbons (Fsp3) is 0.167. The predicted molar refractivity (Wildman–Crippen MR) is 66.5 cm³/mol. The topological polar surface area (TPSA) is 44.1 Å². The Morgan fingerprint density at radius 3 is 2.59 bits per heavy atom. The summed E-state index contributed by atoms with van der Waals surface area (Å²) in [5.74, 6) is -0.341. The molecule has 0 aliphatic heterocycles. The van der Waals surface area contributed by atoms with E-state index in [2.05, 4.69) is 21.0 Å². The van der Waals surface area contributed by atoms with Gasteiger partial charge in [0.1, 0.15) is 4.60 Å². The zero-order valence-corrected chi connectivity index (χ0v) is 10.8. The van der Waals surface area contributed by atoms with Crippen molar-refractivity contribution in [2.45, 2.75) is 6.04 Å². The van der Waals surface area contributed by atoms with Gasteiger partial charge in [0.2, 0.25) is 0 Å². The first-order valence-corrected chi connectivity index (χ1v) is 5.85. The van der Waals surface area contributed by atoms with Crippen molar-refractivity contribution in [3.63, 3.8) is 0 Å². The molecule has 88 valence electrons. The normalized spacial score (nSPS) is 12.1. The van der Waals surface area contributed by atoms with E-state index in [1.807, 2.05) is 30.3 Å². The average Bonchev–Trinajstić information content (AvgIpc) is 2.77. The van der Waals surface area contributed by atoms with Crippen molar-refractivity contribution in [1.82, 2.24) is 9.78 Å². The number of carbonyl (C=O) groups is 1. The first kappa shape index (κ1) is 11.9. The molecule has 1 heterocycles. The smallest absolute Gasteiger partial charge is 0.335 e. The van der Waals surface area contributed by atoms with Crippen molar-refractivity contribution < 1.29 is 9.53 Å². The van der Waals surface area contributed by atoms with Crippen molar-refractivity contribution in [3.8, 4) is 0 Å². The van der Waals surface area contributed by atoms with E-state index in [-0.39, 0.29) is 5.97 Å². The van der Waals surface area contributed by atoms with Gasteiger partial charge in [-0.2, -0.15) is 5.10 Å². The van der Waals surface area contributed by atoms with Gasteiger partial charge in [0.25, 0.3) is 0 Å². The largest absolute Gasteiger partial charge is 0.467 e. The van der Waals surface area contributed by atoms with Crippen LogP contribution in [0.3, 0.4) is 0 Å². The van der Waals surface area contributed by atoms with E-state index in [0.717, 1.165) is 5.56 Å². The summed E-state index contributed by atoms with van der Waals surface area (Å²) in [6.07, 6.45) is 1.73. The minimum Gasteiger partial charge on any atom is -0.467 e. The molecule has 2 aromatic rings. The lowest BCUT2D eigenvalue weighted by molar-refractivity contribution is -0.143. The summed E-state index contributed by atoms with van der Waals surface area (Å²) in [6.45, 7) is 0. The van der Waals surface area contributed by atoms with Crippen LogP contribution < -0.4 is 0 Å². The molecule has 4 nitrogen and oxygen atoms in total. The molecule has 5 heteroatoms. The molecule has 1 unspecified atom stereocenters. The van der Waals surface area contributed by atoms with Gasteiger partial charge in [-0.25, -0.2) is 4.79 Å². The van der Waals surface area contributed by atoms with Gasteiger partial charge >= 0.3 is 5.97 Å². The average molecular weight is 295 g/mol. The monoisotopic (exact) mass is 294 g/mol. The van der Waals surface area contributed by atoms with Gasteiger partial charge in [0, 0.05) is 6.20 Å². The number of halogens is 1. The molecule has 0 N–H and O–H groups in total. The molecular weight excluding hydrogens is 284 g/mol. The second kappa shape index (κ2) is 5.14. The minimum absolute atomic E-state index is 0.341. The summed E-state index contributed by atoms with van der Waals surface area (Å²) in [5, 5.41) is 4.19. The van der Waals surface area contributed by atoms with E-state index in [1.54, 1.807) is 16.9 Å². The van der Waals surface area contributed by atoms with Crippen molar-refractivity contribution in [1.29, 1.82) is 0 Å². The summed E-state index contributed by atoms with van der Waals surface area (Å²) in [5.41, 5.74) is 0.843. The number of benzene rings is 1. The first-order valence-electron chi connectivity index (χ1n) is 5.06. The van der Waals surface area contributed by atoms with E-state index in [9.17, 15) is 4.79 Å². The van der Waals surface area contributed by atoms with Crippen LogP contribution in [0.25, 0.3) is 0 Å². The van der Waals surface area contributed by atoms with Gasteiger partial charge in [-0.05, 0) is 27.6 Å². The number of carbonyl (C=O) groups excluding carboxylic acids is 1. The van der Waals surface area contributed by atoms with Gasteiger partial charge in [-0.1, -0.05) is 30.3 Å². The summed E-state index contributed by atoms with van der Waals surface area (Å²) >= 11 is 3.26. The fourth-order valence-corrected chi connectivity index (χ4v) is 1.90. The highest BCUT2D eigenvalue weighted by Crippen LogP contribution is 2.20. The summed E-state index contributed by atoms with van der Waals surface area (Å²) < 4.78 is 7.07. The van der Waals surface area contributed by atoms with Crippen molar-refractivity contribution in [3.05, 3.63) is 52.8 Å². The van der Waals surface area contributed by atoms with Crippen LogP contribution in [0.5, 0.6) is 0 Å². The Balaban J connectivity index is 2.42. The maximum absolute atomic E-state index is 11.8. The molecule has 0 bridgehead atoms. The third kappa shape index (κ3) is 2.55. The van der Waals surface area contributed by atoms with Crippen LogP contribution in [0.15, 0.2) is 47.2 Å². The van der Waals surface area contributed by atoms with E-state index in [4.69, 9.17) is 4.74 Å². The summed E-state index contributed by atoms with van der Waals surface area (Å²) in [6, 6.07) is 10.6. The number of aromatic nitrogens is 2. The van der Waals surface area contributed by atoms with Crippen LogP contribution in [-0.4, -0.2) is 22.9 Å². The second-order valence-electron chi connectivity index (χ2n) is 3.45. The molecule has 0 aliphatic carbocycles. The summed E-state index contributed by atoms with van der Waals surface area (Å²) in [7, 11) is 1.37. The number of hydrogen-bond donors (Lipinski definition) is 0. The molecule has 0 radical (unpaired) electrons. The molecule has 17 heavy (non-hydrogen) atoms. The van der Waals surface area contributed by atoms with Gasteiger partial charge in [0.05, 0.1) is 7.11 Å². The molecule has 1 aromatic heterocycles. The van der Waals surface area contributed by atoms with Gasteiger partial charge in [-0.3, -0.25) is 4.68 Å². The lowest BCUT2D eigenvalue weighted by Crippen LogP contribution is -2.22. The predicted octanol–water partition coefficient (Wildman–Crippen LogP) is 2.41. The second-order valence-corrected chi connectivity index (χ2v) is 4.27. The minimum atomic E-state index is -0.549. The zero-order chi connectivity index (χ0) is 12.3. The number of ether oxygens (including phenoxy) is 1. The first-order chi connectivity index (χ1) is 8.22.